The molecule has 0 unspecified atom stereocenters. The largest absolute Gasteiger partial charge is 0.373 e. The summed E-state index contributed by atoms with van der Waals surface area (Å²) in [5.41, 5.74) is 0.847. The zero-order valence-corrected chi connectivity index (χ0v) is 16.3. The van der Waals surface area contributed by atoms with Gasteiger partial charge in [-0.25, -0.2) is 4.39 Å². The smallest absolute Gasteiger partial charge is 0.267 e. The van der Waals surface area contributed by atoms with E-state index in [2.05, 4.69) is 5.32 Å². The van der Waals surface area contributed by atoms with Gasteiger partial charge in [-0.2, -0.15) is 5.26 Å². The molecule has 1 N–H and O–H groups in total. The molecule has 1 saturated heterocycles. The van der Waals surface area contributed by atoms with Crippen molar-refractivity contribution in [2.45, 2.75) is 0 Å². The highest BCUT2D eigenvalue weighted by Crippen LogP contribution is 2.29. The predicted molar refractivity (Wildman–Crippen MR) is 109 cm³/mol. The van der Waals surface area contributed by atoms with Crippen LogP contribution in [0.25, 0.3) is 0 Å². The summed E-state index contributed by atoms with van der Waals surface area (Å²) in [7, 11) is 0. The summed E-state index contributed by atoms with van der Waals surface area (Å²) < 4.78 is 13.9. The van der Waals surface area contributed by atoms with Gasteiger partial charge in [0.2, 0.25) is 0 Å². The maximum atomic E-state index is 13.9. The molecular formula is C20H17Cl2FN4O. The Morgan fingerprint density at radius 3 is 2.50 bits per heavy atom. The lowest BCUT2D eigenvalue weighted by Gasteiger charge is -2.35. The van der Waals surface area contributed by atoms with Crippen molar-refractivity contribution in [3.05, 3.63) is 70.1 Å². The molecule has 1 amide bonds. The highest BCUT2D eigenvalue weighted by molar-refractivity contribution is 6.44. The molecule has 1 heterocycles. The molecule has 0 saturated carbocycles. The van der Waals surface area contributed by atoms with E-state index in [1.54, 1.807) is 36.4 Å². The van der Waals surface area contributed by atoms with Gasteiger partial charge >= 0.3 is 0 Å². The van der Waals surface area contributed by atoms with Crippen LogP contribution in [0.2, 0.25) is 10.0 Å². The third-order valence-corrected chi connectivity index (χ3v) is 5.20. The zero-order valence-electron chi connectivity index (χ0n) is 14.8. The Labute approximate surface area is 172 Å². The fourth-order valence-electron chi connectivity index (χ4n) is 2.91. The number of rotatable bonds is 4. The summed E-state index contributed by atoms with van der Waals surface area (Å²) in [6, 6.07) is 13.4. The van der Waals surface area contributed by atoms with Gasteiger partial charge in [-0.15, -0.1) is 0 Å². The molecule has 1 aliphatic rings. The van der Waals surface area contributed by atoms with E-state index >= 15 is 0 Å². The SMILES string of the molecule is N#C/C(=C/N1CCN(c2ccccc2F)CC1)C(=O)Nc1cccc(Cl)c1Cl. The second-order valence-electron chi connectivity index (χ2n) is 6.18. The molecule has 1 fully saturated rings. The Hall–Kier alpha value is -2.75. The van der Waals surface area contributed by atoms with Crippen molar-refractivity contribution >= 4 is 40.5 Å². The molecule has 1 aliphatic heterocycles. The number of benzene rings is 2. The molecule has 0 radical (unpaired) electrons. The quantitative estimate of drug-likeness (QED) is 0.593. The average molecular weight is 419 g/mol. The van der Waals surface area contributed by atoms with Crippen molar-refractivity contribution in [3.8, 4) is 6.07 Å². The molecule has 144 valence electrons. The van der Waals surface area contributed by atoms with Crippen LogP contribution in [0.3, 0.4) is 0 Å². The lowest BCUT2D eigenvalue weighted by Crippen LogP contribution is -2.44. The Kier molecular flexibility index (Phi) is 6.40. The van der Waals surface area contributed by atoms with E-state index in [-0.39, 0.29) is 16.4 Å². The Morgan fingerprint density at radius 1 is 1.11 bits per heavy atom. The Balaban J connectivity index is 1.65. The second kappa shape index (κ2) is 8.96. The zero-order chi connectivity index (χ0) is 20.1. The van der Waals surface area contributed by atoms with E-state index in [4.69, 9.17) is 23.2 Å². The molecular weight excluding hydrogens is 402 g/mol. The first-order chi connectivity index (χ1) is 13.5. The van der Waals surface area contributed by atoms with E-state index in [1.165, 1.54) is 12.3 Å². The number of halogens is 3. The van der Waals surface area contributed by atoms with Crippen molar-refractivity contribution < 1.29 is 9.18 Å². The molecule has 0 aromatic heterocycles. The number of hydrogen-bond donors (Lipinski definition) is 1. The standard InChI is InChI=1S/C20H17Cl2FN4O/c21-15-4-3-6-17(19(15)22)25-20(28)14(12-24)13-26-8-10-27(11-9-26)18-7-2-1-5-16(18)23/h1-7,13H,8-11H2,(H,25,28)/b14-13-. The van der Waals surface area contributed by atoms with E-state index in [1.807, 2.05) is 15.9 Å². The first-order valence-corrected chi connectivity index (χ1v) is 9.36. The summed E-state index contributed by atoms with van der Waals surface area (Å²) in [4.78, 5) is 16.2. The van der Waals surface area contributed by atoms with Crippen molar-refractivity contribution in [2.75, 3.05) is 36.4 Å². The van der Waals surface area contributed by atoms with E-state index in [0.29, 0.717) is 42.6 Å². The van der Waals surface area contributed by atoms with Gasteiger partial charge in [0.05, 0.1) is 21.4 Å². The minimum Gasteiger partial charge on any atom is -0.373 e. The maximum absolute atomic E-state index is 13.9. The summed E-state index contributed by atoms with van der Waals surface area (Å²) in [6.07, 6.45) is 1.52. The molecule has 0 bridgehead atoms. The van der Waals surface area contributed by atoms with Gasteiger partial charge in [0.15, 0.2) is 0 Å². The van der Waals surface area contributed by atoms with Crippen LogP contribution in [0.5, 0.6) is 0 Å². The third kappa shape index (κ3) is 4.56. The summed E-state index contributed by atoms with van der Waals surface area (Å²) in [5.74, 6) is -0.829. The monoisotopic (exact) mass is 418 g/mol. The van der Waals surface area contributed by atoms with Crippen LogP contribution in [0.4, 0.5) is 15.8 Å². The second-order valence-corrected chi connectivity index (χ2v) is 6.97. The molecule has 2 aromatic rings. The number of nitriles is 1. The number of amides is 1. The van der Waals surface area contributed by atoms with Crippen LogP contribution in [0.1, 0.15) is 0 Å². The summed E-state index contributed by atoms with van der Waals surface area (Å²) >= 11 is 12.0. The van der Waals surface area contributed by atoms with Crippen molar-refractivity contribution in [2.24, 2.45) is 0 Å². The van der Waals surface area contributed by atoms with Crippen molar-refractivity contribution in [3.63, 3.8) is 0 Å². The van der Waals surface area contributed by atoms with Crippen LogP contribution in [0.15, 0.2) is 54.2 Å². The molecule has 28 heavy (non-hydrogen) atoms. The lowest BCUT2D eigenvalue weighted by molar-refractivity contribution is -0.112. The summed E-state index contributed by atoms with van der Waals surface area (Å²) in [5, 5.41) is 12.5. The number of anilines is 2. The van der Waals surface area contributed by atoms with Gasteiger partial charge in [0.1, 0.15) is 17.5 Å². The van der Waals surface area contributed by atoms with Gasteiger partial charge in [-0.1, -0.05) is 41.4 Å². The highest BCUT2D eigenvalue weighted by Gasteiger charge is 2.20. The predicted octanol–water partition coefficient (Wildman–Crippen LogP) is 4.30. The fourth-order valence-corrected chi connectivity index (χ4v) is 3.26. The van der Waals surface area contributed by atoms with Gasteiger partial charge < -0.3 is 15.1 Å². The number of carbonyl (C=O) groups excluding carboxylic acids is 1. The van der Waals surface area contributed by atoms with Crippen molar-refractivity contribution in [1.29, 1.82) is 5.26 Å². The summed E-state index contributed by atoms with van der Waals surface area (Å²) in [6.45, 7) is 2.28. The molecule has 5 nitrogen and oxygen atoms in total. The number of nitrogens with zero attached hydrogens (tertiary/aromatic N) is 3. The first kappa shape index (κ1) is 20.0. The molecule has 0 aliphatic carbocycles. The Bertz CT molecular complexity index is 949. The number of hydrogen-bond acceptors (Lipinski definition) is 4. The highest BCUT2D eigenvalue weighted by atomic mass is 35.5. The number of nitrogens with one attached hydrogen (secondary N) is 1. The first-order valence-electron chi connectivity index (χ1n) is 8.60. The van der Waals surface area contributed by atoms with Crippen LogP contribution < -0.4 is 10.2 Å². The van der Waals surface area contributed by atoms with Gasteiger partial charge in [-0.05, 0) is 24.3 Å². The molecule has 0 atom stereocenters. The third-order valence-electron chi connectivity index (χ3n) is 4.38. The van der Waals surface area contributed by atoms with E-state index < -0.39 is 5.91 Å². The Morgan fingerprint density at radius 2 is 1.82 bits per heavy atom. The van der Waals surface area contributed by atoms with Gasteiger partial charge in [0.25, 0.3) is 5.91 Å². The van der Waals surface area contributed by atoms with E-state index in [0.717, 1.165) is 0 Å². The van der Waals surface area contributed by atoms with Crippen LogP contribution in [0, 0.1) is 17.1 Å². The topological polar surface area (TPSA) is 59.4 Å². The van der Waals surface area contributed by atoms with Crippen LogP contribution >= 0.6 is 23.2 Å². The average Bonchev–Trinajstić information content (AvgIpc) is 2.70. The van der Waals surface area contributed by atoms with Gasteiger partial charge in [0, 0.05) is 32.4 Å². The minimum absolute atomic E-state index is 0.0459. The van der Waals surface area contributed by atoms with E-state index in [9.17, 15) is 14.4 Å². The number of para-hydroxylation sites is 1. The lowest BCUT2D eigenvalue weighted by atomic mass is 10.2. The van der Waals surface area contributed by atoms with Crippen LogP contribution in [-0.4, -0.2) is 37.0 Å². The minimum atomic E-state index is -0.566. The molecule has 8 heteroatoms. The van der Waals surface area contributed by atoms with Gasteiger partial charge in [-0.3, -0.25) is 4.79 Å². The molecule has 0 spiro atoms. The number of carbonyl (C=O) groups is 1. The number of piperazine rings is 1. The van der Waals surface area contributed by atoms with Crippen molar-refractivity contribution in [1.82, 2.24) is 4.90 Å². The fraction of sp³-hybridized carbons (Fsp3) is 0.200. The molecule has 3 rings (SSSR count). The van der Waals surface area contributed by atoms with Crippen LogP contribution in [-0.2, 0) is 4.79 Å². The normalized spacial score (nSPS) is 14.6. The maximum Gasteiger partial charge on any atom is 0.267 e. The molecule has 2 aromatic carbocycles.